The number of ether oxygens (including phenoxy) is 1. The van der Waals surface area contributed by atoms with Crippen LogP contribution in [0.3, 0.4) is 0 Å². The number of nitrogens with zero attached hydrogens (tertiary/aromatic N) is 2. The van der Waals surface area contributed by atoms with Crippen LogP contribution >= 0.6 is 11.8 Å². The fourth-order valence-electron chi connectivity index (χ4n) is 4.61. The number of hydrogen-bond donors (Lipinski definition) is 1. The number of carbonyl (C=O) groups is 3. The van der Waals surface area contributed by atoms with Crippen LogP contribution in [-0.2, 0) is 14.3 Å². The Morgan fingerprint density at radius 1 is 1.14 bits per heavy atom. The van der Waals surface area contributed by atoms with Crippen molar-refractivity contribution >= 4 is 34.7 Å². The molecule has 4 aliphatic rings. The molecular weight excluding hydrogens is 378 g/mol. The van der Waals surface area contributed by atoms with Gasteiger partial charge in [-0.25, -0.2) is 0 Å². The molecule has 0 radical (unpaired) electrons. The van der Waals surface area contributed by atoms with Gasteiger partial charge in [-0.15, -0.1) is 0 Å². The van der Waals surface area contributed by atoms with E-state index in [4.69, 9.17) is 9.73 Å². The molecule has 2 atom stereocenters. The smallest absolute Gasteiger partial charge is 0.290 e. The summed E-state index contributed by atoms with van der Waals surface area (Å²) in [4.78, 5) is 42.6. The van der Waals surface area contributed by atoms with Crippen molar-refractivity contribution < 1.29 is 19.1 Å². The maximum Gasteiger partial charge on any atom is 0.290 e. The molecule has 7 nitrogen and oxygen atoms in total. The van der Waals surface area contributed by atoms with Gasteiger partial charge in [0.2, 0.25) is 5.91 Å². The largest absolute Gasteiger partial charge is 0.370 e. The van der Waals surface area contributed by atoms with Crippen molar-refractivity contribution in [2.45, 2.75) is 63.5 Å². The molecule has 0 spiro atoms. The van der Waals surface area contributed by atoms with E-state index in [0.29, 0.717) is 17.4 Å². The van der Waals surface area contributed by atoms with Gasteiger partial charge in [0.15, 0.2) is 0 Å². The topological polar surface area (TPSA) is 88.1 Å². The number of imide groups is 1. The summed E-state index contributed by atoms with van der Waals surface area (Å²) in [7, 11) is 1.81. The molecule has 4 rings (SSSR count). The minimum Gasteiger partial charge on any atom is -0.370 e. The molecule has 8 heteroatoms. The Hall–Kier alpha value is -1.67. The van der Waals surface area contributed by atoms with Gasteiger partial charge >= 0.3 is 0 Å². The van der Waals surface area contributed by atoms with Crippen LogP contribution in [0.15, 0.2) is 16.0 Å². The van der Waals surface area contributed by atoms with Gasteiger partial charge in [-0.1, -0.05) is 18.9 Å². The fraction of sp³-hybridized carbons (Fsp3) is 0.700. The lowest BCUT2D eigenvalue weighted by Crippen LogP contribution is -2.49. The van der Waals surface area contributed by atoms with Crippen LogP contribution in [0.2, 0.25) is 0 Å². The number of aliphatic imine (C=N–C) groups is 1. The van der Waals surface area contributed by atoms with Crippen LogP contribution in [0.5, 0.6) is 0 Å². The molecule has 2 heterocycles. The van der Waals surface area contributed by atoms with Gasteiger partial charge in [0, 0.05) is 7.05 Å². The van der Waals surface area contributed by atoms with Crippen molar-refractivity contribution in [2.75, 3.05) is 13.7 Å². The van der Waals surface area contributed by atoms with Crippen molar-refractivity contribution in [3.63, 3.8) is 0 Å². The number of carbonyl (C=O) groups excluding carboxylic acids is 3. The maximum absolute atomic E-state index is 12.6. The lowest BCUT2D eigenvalue weighted by molar-refractivity contribution is -0.133. The first kappa shape index (κ1) is 19.6. The zero-order chi connectivity index (χ0) is 19.7. The molecule has 2 saturated carbocycles. The Morgan fingerprint density at radius 3 is 2.61 bits per heavy atom. The molecule has 2 aliphatic carbocycles. The third-order valence-electron chi connectivity index (χ3n) is 6.28. The van der Waals surface area contributed by atoms with Gasteiger partial charge in [0.25, 0.3) is 11.1 Å². The van der Waals surface area contributed by atoms with Crippen LogP contribution in [0.1, 0.15) is 51.4 Å². The van der Waals surface area contributed by atoms with E-state index in [1.165, 1.54) is 0 Å². The number of nitrogens with one attached hydrogen (secondary N) is 1. The first-order valence-corrected chi connectivity index (χ1v) is 11.0. The molecule has 2 unspecified atom stereocenters. The second kappa shape index (κ2) is 8.37. The first-order chi connectivity index (χ1) is 13.5. The molecule has 0 aromatic rings. The molecule has 3 fully saturated rings. The number of amides is 3. The highest BCUT2D eigenvalue weighted by Gasteiger charge is 2.38. The highest BCUT2D eigenvalue weighted by molar-refractivity contribution is 8.18. The van der Waals surface area contributed by atoms with Crippen molar-refractivity contribution in [2.24, 2.45) is 16.8 Å². The van der Waals surface area contributed by atoms with Crippen LogP contribution in [0.4, 0.5) is 4.79 Å². The van der Waals surface area contributed by atoms with E-state index < -0.39 is 0 Å². The molecule has 28 heavy (non-hydrogen) atoms. The Kier molecular flexibility index (Phi) is 5.87. The maximum atomic E-state index is 12.6. The van der Waals surface area contributed by atoms with Crippen LogP contribution in [-0.4, -0.2) is 53.6 Å². The minimum atomic E-state index is -0.291. The highest BCUT2D eigenvalue weighted by atomic mass is 32.2. The average molecular weight is 406 g/mol. The van der Waals surface area contributed by atoms with E-state index in [-0.39, 0.29) is 35.1 Å². The number of amidine groups is 1. The number of fused-ring (bicyclic) bond motifs is 1. The Bertz CT molecular complexity index is 727. The van der Waals surface area contributed by atoms with Crippen molar-refractivity contribution in [1.82, 2.24) is 10.2 Å². The van der Waals surface area contributed by atoms with Gasteiger partial charge in [0.1, 0.15) is 12.4 Å². The van der Waals surface area contributed by atoms with Gasteiger partial charge < -0.3 is 9.64 Å². The summed E-state index contributed by atoms with van der Waals surface area (Å²) in [5.41, 5.74) is 0. The van der Waals surface area contributed by atoms with Crippen LogP contribution in [0.25, 0.3) is 0 Å². The Labute approximate surface area is 169 Å². The lowest BCUT2D eigenvalue weighted by Gasteiger charge is -2.37. The quantitative estimate of drug-likeness (QED) is 0.727. The minimum absolute atomic E-state index is 0.0588. The summed E-state index contributed by atoms with van der Waals surface area (Å²) < 4.78 is 6.09. The Balaban J connectivity index is 1.28. The van der Waals surface area contributed by atoms with Crippen LogP contribution in [0, 0.1) is 11.8 Å². The molecule has 152 valence electrons. The summed E-state index contributed by atoms with van der Waals surface area (Å²) in [6, 6.07) is 0.135. The lowest BCUT2D eigenvalue weighted by atomic mass is 9.83. The molecule has 3 amide bonds. The second-order valence-corrected chi connectivity index (χ2v) is 9.14. The molecule has 0 bridgehead atoms. The molecule has 2 aliphatic heterocycles. The van der Waals surface area contributed by atoms with Gasteiger partial charge in [-0.05, 0) is 56.2 Å². The number of hydrogen-bond acceptors (Lipinski definition) is 6. The summed E-state index contributed by atoms with van der Waals surface area (Å²) in [6.07, 6.45) is 9.99. The van der Waals surface area contributed by atoms with E-state index in [0.717, 1.165) is 69.0 Å². The van der Waals surface area contributed by atoms with E-state index in [2.05, 4.69) is 5.32 Å². The third-order valence-corrected chi connectivity index (χ3v) is 7.10. The van der Waals surface area contributed by atoms with E-state index in [9.17, 15) is 14.4 Å². The average Bonchev–Trinajstić information content (AvgIpc) is 3.01. The zero-order valence-corrected chi connectivity index (χ0v) is 17.0. The van der Waals surface area contributed by atoms with Crippen molar-refractivity contribution in [3.8, 4) is 0 Å². The summed E-state index contributed by atoms with van der Waals surface area (Å²) in [5, 5.41) is 2.00. The van der Waals surface area contributed by atoms with Crippen LogP contribution < -0.4 is 5.32 Å². The SMILES string of the molecule is CN1C(=O)C2CCCCC2N=C1COC1CCC(/C=C2/SC(=O)NC2=O)CC1. The normalized spacial score (nSPS) is 35.0. The summed E-state index contributed by atoms with van der Waals surface area (Å²) in [5.74, 6) is 1.03. The third kappa shape index (κ3) is 4.17. The predicted molar refractivity (Wildman–Crippen MR) is 107 cm³/mol. The second-order valence-electron chi connectivity index (χ2n) is 8.12. The first-order valence-electron chi connectivity index (χ1n) is 10.2. The summed E-state index contributed by atoms with van der Waals surface area (Å²) in [6.45, 7) is 0.384. The van der Waals surface area contributed by atoms with Crippen molar-refractivity contribution in [3.05, 3.63) is 11.0 Å². The number of allylic oxidation sites excluding steroid dienone is 1. The van der Waals surface area contributed by atoms with Crippen molar-refractivity contribution in [1.29, 1.82) is 0 Å². The molecule has 1 saturated heterocycles. The molecule has 1 N–H and O–H groups in total. The zero-order valence-electron chi connectivity index (χ0n) is 16.2. The predicted octanol–water partition coefficient (Wildman–Crippen LogP) is 2.86. The van der Waals surface area contributed by atoms with Gasteiger partial charge in [-0.3, -0.25) is 24.7 Å². The molecular formula is C20H27N3O4S. The number of likely N-dealkylation sites (N-methyl/N-ethyl adjacent to an activating group) is 1. The van der Waals surface area contributed by atoms with Gasteiger partial charge in [-0.2, -0.15) is 0 Å². The standard InChI is InChI=1S/C20H27N3O4S/c1-23-17(21-15-5-3-2-4-14(15)19(23)25)11-27-13-8-6-12(7-9-13)10-16-18(24)22-20(26)28-16/h10,12-15H,2-9,11H2,1H3,(H,22,24,26)/b16-10+. The number of rotatable bonds is 4. The van der Waals surface area contributed by atoms with E-state index in [1.54, 1.807) is 4.90 Å². The molecule has 0 aromatic heterocycles. The Morgan fingerprint density at radius 2 is 1.89 bits per heavy atom. The fourth-order valence-corrected chi connectivity index (χ4v) is 5.35. The van der Waals surface area contributed by atoms with E-state index >= 15 is 0 Å². The molecule has 0 aromatic carbocycles. The van der Waals surface area contributed by atoms with Gasteiger partial charge in [0.05, 0.1) is 23.0 Å². The number of thioether (sulfide) groups is 1. The monoisotopic (exact) mass is 405 g/mol. The summed E-state index contributed by atoms with van der Waals surface area (Å²) >= 11 is 0.984. The highest BCUT2D eigenvalue weighted by Crippen LogP contribution is 2.33. The van der Waals surface area contributed by atoms with E-state index in [1.807, 2.05) is 13.1 Å².